The van der Waals surface area contributed by atoms with Gasteiger partial charge in [0, 0.05) is 37.7 Å². The third-order valence-corrected chi connectivity index (χ3v) is 5.34. The molecule has 2 aromatic carbocycles. The second kappa shape index (κ2) is 8.97. The van der Waals surface area contributed by atoms with Crippen LogP contribution >= 0.6 is 11.6 Å². The van der Waals surface area contributed by atoms with Gasteiger partial charge in [-0.05, 0) is 34.7 Å². The van der Waals surface area contributed by atoms with E-state index >= 15 is 0 Å². The molecule has 0 aromatic heterocycles. The zero-order valence-corrected chi connectivity index (χ0v) is 17.7. The maximum Gasteiger partial charge on any atom is 0.260 e. The van der Waals surface area contributed by atoms with E-state index in [4.69, 9.17) is 16.3 Å². The highest BCUT2D eigenvalue weighted by Crippen LogP contribution is 2.30. The van der Waals surface area contributed by atoms with Gasteiger partial charge in [-0.1, -0.05) is 62.7 Å². The molecule has 1 amide bonds. The summed E-state index contributed by atoms with van der Waals surface area (Å²) >= 11 is 5.95. The minimum Gasteiger partial charge on any atom is -0.483 e. The van der Waals surface area contributed by atoms with Crippen LogP contribution in [0.1, 0.15) is 31.9 Å². The molecule has 1 aliphatic rings. The smallest absolute Gasteiger partial charge is 0.260 e. The average molecular weight is 401 g/mol. The molecule has 28 heavy (non-hydrogen) atoms. The van der Waals surface area contributed by atoms with Crippen LogP contribution in [0.3, 0.4) is 0 Å². The number of piperazine rings is 1. The second-order valence-electron chi connectivity index (χ2n) is 8.32. The zero-order chi connectivity index (χ0) is 20.1. The summed E-state index contributed by atoms with van der Waals surface area (Å²) in [6, 6.07) is 15.9. The third-order valence-electron chi connectivity index (χ3n) is 5.09. The minimum absolute atomic E-state index is 0.0209. The molecule has 0 aliphatic carbocycles. The first-order valence-corrected chi connectivity index (χ1v) is 10.2. The van der Waals surface area contributed by atoms with Crippen LogP contribution in [-0.4, -0.2) is 48.5 Å². The maximum atomic E-state index is 12.6. The Morgan fingerprint density at radius 3 is 2.29 bits per heavy atom. The van der Waals surface area contributed by atoms with E-state index in [1.165, 1.54) is 5.56 Å². The molecule has 0 N–H and O–H groups in total. The second-order valence-corrected chi connectivity index (χ2v) is 8.75. The molecule has 2 aromatic rings. The summed E-state index contributed by atoms with van der Waals surface area (Å²) in [6.07, 6.45) is 0. The molecule has 1 aliphatic heterocycles. The molecule has 1 fully saturated rings. The highest BCUT2D eigenvalue weighted by Gasteiger charge is 2.23. The van der Waals surface area contributed by atoms with E-state index in [0.717, 1.165) is 49.1 Å². The van der Waals surface area contributed by atoms with E-state index in [9.17, 15) is 4.79 Å². The maximum absolute atomic E-state index is 12.6. The fourth-order valence-electron chi connectivity index (χ4n) is 3.45. The molecule has 0 unspecified atom stereocenters. The van der Waals surface area contributed by atoms with Gasteiger partial charge in [0.1, 0.15) is 5.75 Å². The Balaban J connectivity index is 1.49. The highest BCUT2D eigenvalue weighted by atomic mass is 35.5. The lowest BCUT2D eigenvalue weighted by molar-refractivity contribution is -0.135. The SMILES string of the molecule is CC(C)(C)c1ccccc1OCC(=O)N1CCN(Cc2ccc(Cl)cc2)CC1. The molecule has 1 saturated heterocycles. The first-order chi connectivity index (χ1) is 13.3. The number of nitrogens with zero attached hydrogens (tertiary/aromatic N) is 2. The standard InChI is InChI=1S/C23H29ClN2O2/c1-23(2,3)20-6-4-5-7-21(20)28-17-22(27)26-14-12-25(13-15-26)16-18-8-10-19(24)11-9-18/h4-11H,12-17H2,1-3H3. The van der Waals surface area contributed by atoms with Crippen LogP contribution < -0.4 is 4.74 Å². The van der Waals surface area contributed by atoms with Gasteiger partial charge >= 0.3 is 0 Å². The Hall–Kier alpha value is -2.04. The van der Waals surface area contributed by atoms with Crippen molar-refractivity contribution in [2.75, 3.05) is 32.8 Å². The molecule has 0 radical (unpaired) electrons. The Kier molecular flexibility index (Phi) is 6.63. The Labute approximate surface area is 173 Å². The van der Waals surface area contributed by atoms with Gasteiger partial charge in [0.05, 0.1) is 0 Å². The van der Waals surface area contributed by atoms with E-state index in [2.05, 4.69) is 43.9 Å². The number of hydrogen-bond donors (Lipinski definition) is 0. The van der Waals surface area contributed by atoms with Gasteiger partial charge in [-0.3, -0.25) is 9.69 Å². The van der Waals surface area contributed by atoms with Crippen LogP contribution in [0.5, 0.6) is 5.75 Å². The first kappa shape index (κ1) is 20.7. The van der Waals surface area contributed by atoms with Crippen molar-refractivity contribution < 1.29 is 9.53 Å². The van der Waals surface area contributed by atoms with Crippen LogP contribution in [0.15, 0.2) is 48.5 Å². The normalized spacial score (nSPS) is 15.5. The number of benzene rings is 2. The first-order valence-electron chi connectivity index (χ1n) is 9.80. The Morgan fingerprint density at radius 1 is 1.00 bits per heavy atom. The lowest BCUT2D eigenvalue weighted by atomic mass is 9.86. The van der Waals surface area contributed by atoms with Crippen molar-refractivity contribution >= 4 is 17.5 Å². The lowest BCUT2D eigenvalue weighted by Crippen LogP contribution is -2.49. The fraction of sp³-hybridized carbons (Fsp3) is 0.435. The Bertz CT molecular complexity index is 791. The van der Waals surface area contributed by atoms with Gasteiger partial charge in [0.25, 0.3) is 5.91 Å². The van der Waals surface area contributed by atoms with Crippen LogP contribution in [0.25, 0.3) is 0 Å². The molecule has 1 heterocycles. The molecular weight excluding hydrogens is 372 g/mol. The van der Waals surface area contributed by atoms with Gasteiger partial charge in [0.15, 0.2) is 6.61 Å². The molecule has 0 saturated carbocycles. The molecule has 4 nitrogen and oxygen atoms in total. The number of halogens is 1. The summed E-state index contributed by atoms with van der Waals surface area (Å²) < 4.78 is 5.90. The quantitative estimate of drug-likeness (QED) is 0.747. The molecule has 0 bridgehead atoms. The number of carbonyl (C=O) groups excluding carboxylic acids is 1. The monoisotopic (exact) mass is 400 g/mol. The van der Waals surface area contributed by atoms with Crippen molar-refractivity contribution in [3.63, 3.8) is 0 Å². The van der Waals surface area contributed by atoms with E-state index in [1.54, 1.807) is 0 Å². The molecule has 5 heteroatoms. The minimum atomic E-state index is -0.0209. The van der Waals surface area contributed by atoms with Crippen LogP contribution in [0.2, 0.25) is 5.02 Å². The molecule has 0 atom stereocenters. The molecule has 3 rings (SSSR count). The van der Waals surface area contributed by atoms with Crippen molar-refractivity contribution in [2.45, 2.75) is 32.7 Å². The topological polar surface area (TPSA) is 32.8 Å². The summed E-state index contributed by atoms with van der Waals surface area (Å²) in [7, 11) is 0. The zero-order valence-electron chi connectivity index (χ0n) is 17.0. The number of amides is 1. The average Bonchev–Trinajstić information content (AvgIpc) is 2.68. The van der Waals surface area contributed by atoms with Gasteiger partial charge in [-0.15, -0.1) is 0 Å². The van der Waals surface area contributed by atoms with Crippen molar-refractivity contribution in [1.29, 1.82) is 0 Å². The van der Waals surface area contributed by atoms with Gasteiger partial charge in [-0.2, -0.15) is 0 Å². The van der Waals surface area contributed by atoms with Gasteiger partial charge < -0.3 is 9.64 Å². The van der Waals surface area contributed by atoms with Crippen molar-refractivity contribution in [3.8, 4) is 5.75 Å². The summed E-state index contributed by atoms with van der Waals surface area (Å²) in [5, 5.41) is 0.757. The largest absolute Gasteiger partial charge is 0.483 e. The number of ether oxygens (including phenoxy) is 1. The lowest BCUT2D eigenvalue weighted by Gasteiger charge is -2.34. The number of hydrogen-bond acceptors (Lipinski definition) is 3. The predicted molar refractivity (Wildman–Crippen MR) is 114 cm³/mol. The summed E-state index contributed by atoms with van der Waals surface area (Å²) in [5.41, 5.74) is 2.34. The van der Waals surface area contributed by atoms with Crippen LogP contribution in [0.4, 0.5) is 0 Å². The number of para-hydroxylation sites is 1. The van der Waals surface area contributed by atoms with Crippen LogP contribution in [-0.2, 0) is 16.8 Å². The van der Waals surface area contributed by atoms with Crippen molar-refractivity contribution in [1.82, 2.24) is 9.80 Å². The van der Waals surface area contributed by atoms with E-state index in [0.29, 0.717) is 0 Å². The van der Waals surface area contributed by atoms with E-state index in [1.807, 2.05) is 35.2 Å². The predicted octanol–water partition coefficient (Wildman–Crippen LogP) is 4.36. The van der Waals surface area contributed by atoms with Crippen LogP contribution in [0, 0.1) is 0 Å². The molecular formula is C23H29ClN2O2. The summed E-state index contributed by atoms with van der Waals surface area (Å²) in [5.74, 6) is 0.847. The molecule has 150 valence electrons. The van der Waals surface area contributed by atoms with E-state index < -0.39 is 0 Å². The summed E-state index contributed by atoms with van der Waals surface area (Å²) in [4.78, 5) is 16.9. The fourth-order valence-corrected chi connectivity index (χ4v) is 3.57. The molecule has 0 spiro atoms. The van der Waals surface area contributed by atoms with Crippen molar-refractivity contribution in [3.05, 3.63) is 64.7 Å². The Morgan fingerprint density at radius 2 is 1.64 bits per heavy atom. The number of carbonyl (C=O) groups is 1. The van der Waals surface area contributed by atoms with Crippen molar-refractivity contribution in [2.24, 2.45) is 0 Å². The highest BCUT2D eigenvalue weighted by molar-refractivity contribution is 6.30. The summed E-state index contributed by atoms with van der Waals surface area (Å²) in [6.45, 7) is 10.6. The third kappa shape index (κ3) is 5.49. The van der Waals surface area contributed by atoms with Gasteiger partial charge in [-0.25, -0.2) is 0 Å². The van der Waals surface area contributed by atoms with E-state index in [-0.39, 0.29) is 17.9 Å². The number of rotatable bonds is 5. The van der Waals surface area contributed by atoms with Gasteiger partial charge in [0.2, 0.25) is 0 Å².